The number of hydrogen-bond acceptors (Lipinski definition) is 3. The highest BCUT2D eigenvalue weighted by atomic mass is 32.1. The summed E-state index contributed by atoms with van der Waals surface area (Å²) in [7, 11) is 0. The number of rotatable bonds is 3. The number of hydrogen-bond donors (Lipinski definition) is 1. The molecule has 2 heterocycles. The standard InChI is InChI=1S/C14H11FN2O2S/c1-2-10-12(13(18)19)17-11(7-20-14(17)16-10)8-3-5-9(15)6-4-8/h3-7H,2H2,1H3,(H,18,19). The van der Waals surface area contributed by atoms with Gasteiger partial charge in [0, 0.05) is 5.38 Å². The van der Waals surface area contributed by atoms with E-state index in [9.17, 15) is 14.3 Å². The quantitative estimate of drug-likeness (QED) is 0.803. The number of aromatic nitrogens is 2. The van der Waals surface area contributed by atoms with Gasteiger partial charge in [-0.05, 0) is 36.2 Å². The molecule has 3 rings (SSSR count). The Bertz CT molecular complexity index is 789. The van der Waals surface area contributed by atoms with Crippen LogP contribution in [0.5, 0.6) is 0 Å². The molecule has 0 atom stereocenters. The Kier molecular flexibility index (Phi) is 3.02. The molecule has 0 saturated heterocycles. The highest BCUT2D eigenvalue weighted by molar-refractivity contribution is 7.15. The molecular formula is C14H11FN2O2S. The number of carboxylic acid groups (broad SMARTS) is 1. The van der Waals surface area contributed by atoms with E-state index in [1.54, 1.807) is 16.5 Å². The normalized spacial score (nSPS) is 11.1. The number of aromatic carboxylic acids is 1. The van der Waals surface area contributed by atoms with Gasteiger partial charge in [0.15, 0.2) is 10.7 Å². The third-order valence-corrected chi connectivity index (χ3v) is 3.94. The Hall–Kier alpha value is -2.21. The summed E-state index contributed by atoms with van der Waals surface area (Å²) >= 11 is 1.38. The monoisotopic (exact) mass is 290 g/mol. The van der Waals surface area contributed by atoms with E-state index in [1.807, 2.05) is 12.3 Å². The first-order valence-corrected chi connectivity index (χ1v) is 6.97. The number of imidazole rings is 1. The van der Waals surface area contributed by atoms with Crippen LogP contribution in [0.3, 0.4) is 0 Å². The van der Waals surface area contributed by atoms with Crippen molar-refractivity contribution in [3.05, 3.63) is 46.9 Å². The van der Waals surface area contributed by atoms with Gasteiger partial charge in [0.2, 0.25) is 0 Å². The van der Waals surface area contributed by atoms with Crippen LogP contribution in [0.1, 0.15) is 23.1 Å². The minimum Gasteiger partial charge on any atom is -0.477 e. The lowest BCUT2D eigenvalue weighted by Crippen LogP contribution is -2.05. The first-order chi connectivity index (χ1) is 9.61. The van der Waals surface area contributed by atoms with E-state index < -0.39 is 5.97 Å². The van der Waals surface area contributed by atoms with Crippen molar-refractivity contribution in [3.63, 3.8) is 0 Å². The van der Waals surface area contributed by atoms with E-state index in [2.05, 4.69) is 4.98 Å². The van der Waals surface area contributed by atoms with Crippen LogP contribution in [0.2, 0.25) is 0 Å². The average molecular weight is 290 g/mol. The minimum atomic E-state index is -1.00. The molecule has 1 aromatic carbocycles. The van der Waals surface area contributed by atoms with Gasteiger partial charge in [0.05, 0.1) is 11.4 Å². The maximum atomic E-state index is 13.0. The number of fused-ring (bicyclic) bond motifs is 1. The van der Waals surface area contributed by atoms with Crippen molar-refractivity contribution in [1.82, 2.24) is 9.38 Å². The number of carbonyl (C=O) groups is 1. The zero-order chi connectivity index (χ0) is 14.3. The predicted octanol–water partition coefficient (Wildman–Crippen LogP) is 3.46. The maximum Gasteiger partial charge on any atom is 0.354 e. The fraction of sp³-hybridized carbons (Fsp3) is 0.143. The summed E-state index contributed by atoms with van der Waals surface area (Å²) in [6.07, 6.45) is 0.554. The molecule has 0 aliphatic carbocycles. The van der Waals surface area contributed by atoms with Crippen LogP contribution in [-0.4, -0.2) is 20.5 Å². The predicted molar refractivity (Wildman–Crippen MR) is 74.8 cm³/mol. The number of carboxylic acids is 1. The van der Waals surface area contributed by atoms with Crippen molar-refractivity contribution >= 4 is 22.3 Å². The van der Waals surface area contributed by atoms with Gasteiger partial charge >= 0.3 is 5.97 Å². The molecule has 0 amide bonds. The Morgan fingerprint density at radius 1 is 1.40 bits per heavy atom. The molecular weight excluding hydrogens is 279 g/mol. The minimum absolute atomic E-state index is 0.183. The Morgan fingerprint density at radius 3 is 2.70 bits per heavy atom. The van der Waals surface area contributed by atoms with E-state index in [0.717, 1.165) is 11.3 Å². The molecule has 1 N–H and O–H groups in total. The van der Waals surface area contributed by atoms with Crippen molar-refractivity contribution in [2.24, 2.45) is 0 Å². The third kappa shape index (κ3) is 1.89. The van der Waals surface area contributed by atoms with E-state index in [4.69, 9.17) is 0 Å². The van der Waals surface area contributed by atoms with Gasteiger partial charge in [-0.1, -0.05) is 6.92 Å². The lowest BCUT2D eigenvalue weighted by molar-refractivity contribution is 0.0688. The fourth-order valence-corrected chi connectivity index (χ4v) is 3.11. The van der Waals surface area contributed by atoms with Gasteiger partial charge in [-0.3, -0.25) is 4.40 Å². The zero-order valence-corrected chi connectivity index (χ0v) is 11.4. The first kappa shape index (κ1) is 12.8. The number of halogens is 1. The average Bonchev–Trinajstić information content (AvgIpc) is 2.97. The Balaban J connectivity index is 2.29. The fourth-order valence-electron chi connectivity index (χ4n) is 2.19. The SMILES string of the molecule is CCc1nc2scc(-c3ccc(F)cc3)n2c1C(=O)O. The second kappa shape index (κ2) is 4.72. The Morgan fingerprint density at radius 2 is 2.10 bits per heavy atom. The largest absolute Gasteiger partial charge is 0.477 e. The van der Waals surface area contributed by atoms with Crippen molar-refractivity contribution in [2.75, 3.05) is 0 Å². The molecule has 0 aliphatic heterocycles. The van der Waals surface area contributed by atoms with Crippen LogP contribution < -0.4 is 0 Å². The molecule has 0 radical (unpaired) electrons. The van der Waals surface area contributed by atoms with Crippen LogP contribution in [0.25, 0.3) is 16.2 Å². The van der Waals surface area contributed by atoms with Crippen molar-refractivity contribution in [3.8, 4) is 11.3 Å². The summed E-state index contributed by atoms with van der Waals surface area (Å²) in [4.78, 5) is 16.5. The molecule has 20 heavy (non-hydrogen) atoms. The molecule has 0 aliphatic rings. The lowest BCUT2D eigenvalue weighted by atomic mass is 10.1. The van der Waals surface area contributed by atoms with Crippen LogP contribution in [0, 0.1) is 5.82 Å². The number of benzene rings is 1. The molecule has 0 saturated carbocycles. The Labute approximate surface area is 118 Å². The van der Waals surface area contributed by atoms with Crippen LogP contribution >= 0.6 is 11.3 Å². The number of aryl methyl sites for hydroxylation is 1. The molecule has 2 aromatic heterocycles. The van der Waals surface area contributed by atoms with Crippen LogP contribution in [0.4, 0.5) is 4.39 Å². The van der Waals surface area contributed by atoms with Gasteiger partial charge in [0.25, 0.3) is 0 Å². The summed E-state index contributed by atoms with van der Waals surface area (Å²) in [6.45, 7) is 1.87. The lowest BCUT2D eigenvalue weighted by Gasteiger charge is -2.02. The highest BCUT2D eigenvalue weighted by Crippen LogP contribution is 2.29. The topological polar surface area (TPSA) is 54.6 Å². The zero-order valence-electron chi connectivity index (χ0n) is 10.6. The molecule has 3 aromatic rings. The van der Waals surface area contributed by atoms with Gasteiger partial charge < -0.3 is 5.11 Å². The molecule has 0 spiro atoms. The molecule has 0 unspecified atom stereocenters. The van der Waals surface area contributed by atoms with Gasteiger partial charge in [-0.25, -0.2) is 14.2 Å². The maximum absolute atomic E-state index is 13.0. The highest BCUT2D eigenvalue weighted by Gasteiger charge is 2.21. The van der Waals surface area contributed by atoms with E-state index in [1.165, 1.54) is 23.5 Å². The molecule has 0 bridgehead atoms. The summed E-state index contributed by atoms with van der Waals surface area (Å²) in [5, 5.41) is 11.2. The smallest absolute Gasteiger partial charge is 0.354 e. The first-order valence-electron chi connectivity index (χ1n) is 6.10. The molecule has 4 nitrogen and oxygen atoms in total. The number of nitrogens with zero attached hydrogens (tertiary/aromatic N) is 2. The van der Waals surface area contributed by atoms with Crippen molar-refractivity contribution < 1.29 is 14.3 Å². The second-order valence-corrected chi connectivity index (χ2v) is 5.15. The summed E-state index contributed by atoms with van der Waals surface area (Å²) in [6, 6.07) is 5.98. The van der Waals surface area contributed by atoms with Gasteiger partial charge in [-0.15, -0.1) is 11.3 Å². The van der Waals surface area contributed by atoms with Gasteiger partial charge in [-0.2, -0.15) is 0 Å². The summed E-state index contributed by atoms with van der Waals surface area (Å²) < 4.78 is 14.6. The van der Waals surface area contributed by atoms with Crippen molar-refractivity contribution in [1.29, 1.82) is 0 Å². The molecule has 102 valence electrons. The second-order valence-electron chi connectivity index (χ2n) is 4.31. The van der Waals surface area contributed by atoms with Crippen molar-refractivity contribution in [2.45, 2.75) is 13.3 Å². The molecule has 6 heteroatoms. The third-order valence-electron chi connectivity index (χ3n) is 3.11. The van der Waals surface area contributed by atoms with Crippen LogP contribution in [0.15, 0.2) is 29.6 Å². The van der Waals surface area contributed by atoms with E-state index in [-0.39, 0.29) is 11.5 Å². The summed E-state index contributed by atoms with van der Waals surface area (Å²) in [5.41, 5.74) is 2.23. The van der Waals surface area contributed by atoms with Gasteiger partial charge in [0.1, 0.15) is 5.82 Å². The van der Waals surface area contributed by atoms with Crippen LogP contribution in [-0.2, 0) is 6.42 Å². The molecule has 0 fully saturated rings. The van der Waals surface area contributed by atoms with E-state index in [0.29, 0.717) is 17.1 Å². The van der Waals surface area contributed by atoms with E-state index >= 15 is 0 Å². The number of thiazole rings is 1. The summed E-state index contributed by atoms with van der Waals surface area (Å²) in [5.74, 6) is -1.32.